The molecule has 0 spiro atoms. The van der Waals surface area contributed by atoms with Crippen LogP contribution < -0.4 is 10.7 Å². The third-order valence-electron chi connectivity index (χ3n) is 3.73. The molecule has 2 aromatic carbocycles. The molecule has 0 aliphatic rings. The van der Waals surface area contributed by atoms with E-state index in [1.807, 2.05) is 0 Å². The summed E-state index contributed by atoms with van der Waals surface area (Å²) in [4.78, 5) is 44.3. The summed E-state index contributed by atoms with van der Waals surface area (Å²) in [6, 6.07) is 9.38. The average molecular weight is 434 g/mol. The largest absolute Gasteiger partial charge is 0.326 e. The highest BCUT2D eigenvalue weighted by Gasteiger charge is 2.14. The van der Waals surface area contributed by atoms with Gasteiger partial charge in [-0.3, -0.25) is 29.8 Å². The van der Waals surface area contributed by atoms with Crippen LogP contribution in [0.3, 0.4) is 0 Å². The van der Waals surface area contributed by atoms with E-state index in [0.29, 0.717) is 11.3 Å². The van der Waals surface area contributed by atoms with Crippen LogP contribution >= 0.6 is 11.6 Å². The zero-order chi connectivity index (χ0) is 22.3. The van der Waals surface area contributed by atoms with Crippen molar-refractivity contribution in [2.45, 2.75) is 19.8 Å². The fraction of sp³-hybridized carbons (Fsp3) is 0.167. The van der Waals surface area contributed by atoms with Crippen molar-refractivity contribution >= 4 is 46.2 Å². The predicted octanol–water partition coefficient (Wildman–Crippen LogP) is 3.22. The molecule has 0 saturated heterocycles. The Hall–Kier alpha value is -3.86. The second-order valence-corrected chi connectivity index (χ2v) is 6.54. The summed E-state index contributed by atoms with van der Waals surface area (Å²) in [5.41, 5.74) is 2.95. The van der Waals surface area contributed by atoms with Gasteiger partial charge < -0.3 is 5.32 Å². The molecule has 156 valence electrons. The van der Waals surface area contributed by atoms with Gasteiger partial charge in [0.15, 0.2) is 0 Å². The minimum atomic E-state index is -0.662. The lowest BCUT2D eigenvalue weighted by Gasteiger charge is -2.06. The maximum atomic E-state index is 12.0. The molecule has 2 amide bonds. The highest BCUT2D eigenvalue weighted by molar-refractivity contribution is 6.32. The number of anilines is 1. The Morgan fingerprint density at radius 1 is 1.03 bits per heavy atom. The lowest BCUT2D eigenvalue weighted by molar-refractivity contribution is -0.385. The molecule has 2 rings (SSSR count). The van der Waals surface area contributed by atoms with Gasteiger partial charge in [-0.05, 0) is 24.6 Å². The summed E-state index contributed by atoms with van der Waals surface area (Å²) in [7, 11) is 0. The normalized spacial score (nSPS) is 10.9. The van der Waals surface area contributed by atoms with E-state index in [2.05, 4.69) is 15.8 Å². The minimum absolute atomic E-state index is 0.0462. The number of amides is 2. The van der Waals surface area contributed by atoms with Gasteiger partial charge in [0.1, 0.15) is 5.02 Å². The van der Waals surface area contributed by atoms with Gasteiger partial charge in [-0.2, -0.15) is 5.10 Å². The molecule has 0 saturated carbocycles. The molecule has 0 aromatic heterocycles. The topological polar surface area (TPSA) is 157 Å². The van der Waals surface area contributed by atoms with Crippen LogP contribution in [0.5, 0.6) is 0 Å². The molecule has 0 bridgehead atoms. The molecule has 12 heteroatoms. The van der Waals surface area contributed by atoms with Crippen LogP contribution in [0.25, 0.3) is 0 Å². The zero-order valence-corrected chi connectivity index (χ0v) is 16.4. The van der Waals surface area contributed by atoms with Gasteiger partial charge >= 0.3 is 0 Å². The third kappa shape index (κ3) is 6.63. The van der Waals surface area contributed by atoms with Crippen molar-refractivity contribution in [2.24, 2.45) is 5.10 Å². The molecule has 0 aliphatic heterocycles. The lowest BCUT2D eigenvalue weighted by atomic mass is 10.1. The molecule has 0 unspecified atom stereocenters. The molecule has 0 atom stereocenters. The van der Waals surface area contributed by atoms with Crippen LogP contribution in [0.15, 0.2) is 47.6 Å². The molecular weight excluding hydrogens is 418 g/mol. The van der Waals surface area contributed by atoms with Crippen molar-refractivity contribution in [3.05, 3.63) is 73.3 Å². The highest BCUT2D eigenvalue weighted by atomic mass is 35.5. The number of carbonyl (C=O) groups is 2. The van der Waals surface area contributed by atoms with Crippen LogP contribution in [-0.2, 0) is 16.0 Å². The standard InChI is InChI=1S/C18H16ClN5O6/c1-11(8-17(25)20-13-4-7-15(19)16(10-13)24(29)30)21-22-18(26)9-12-2-5-14(6-3-12)23(27)28/h2-7,10H,8-9H2,1H3,(H,20,25)(H,22,26). The number of benzene rings is 2. The van der Waals surface area contributed by atoms with Gasteiger partial charge in [0.2, 0.25) is 11.8 Å². The number of nitro groups is 2. The Balaban J connectivity index is 1.87. The first kappa shape index (κ1) is 22.4. The summed E-state index contributed by atoms with van der Waals surface area (Å²) in [6.45, 7) is 1.52. The van der Waals surface area contributed by atoms with Crippen molar-refractivity contribution in [2.75, 3.05) is 5.32 Å². The van der Waals surface area contributed by atoms with Crippen LogP contribution in [-0.4, -0.2) is 27.4 Å². The van der Waals surface area contributed by atoms with E-state index < -0.39 is 21.7 Å². The van der Waals surface area contributed by atoms with Crippen LogP contribution in [0.4, 0.5) is 17.1 Å². The molecule has 2 aromatic rings. The average Bonchev–Trinajstić information content (AvgIpc) is 2.68. The number of halogens is 1. The van der Waals surface area contributed by atoms with Crippen molar-refractivity contribution in [1.29, 1.82) is 0 Å². The van der Waals surface area contributed by atoms with E-state index in [1.54, 1.807) is 0 Å². The monoisotopic (exact) mass is 433 g/mol. The van der Waals surface area contributed by atoms with Crippen LogP contribution in [0, 0.1) is 20.2 Å². The molecule has 0 aliphatic carbocycles. The SMILES string of the molecule is CC(CC(=O)Nc1ccc(Cl)c([N+](=O)[O-])c1)=NNC(=O)Cc1ccc([N+](=O)[O-])cc1. The zero-order valence-electron chi connectivity index (χ0n) is 15.6. The first-order chi connectivity index (χ1) is 14.2. The number of nitro benzene ring substituents is 2. The van der Waals surface area contributed by atoms with Gasteiger partial charge in [-0.25, -0.2) is 5.43 Å². The van der Waals surface area contributed by atoms with E-state index >= 15 is 0 Å². The Morgan fingerprint density at radius 3 is 2.30 bits per heavy atom. The summed E-state index contributed by atoms with van der Waals surface area (Å²) in [5.74, 6) is -0.950. The van der Waals surface area contributed by atoms with Crippen molar-refractivity contribution in [3.63, 3.8) is 0 Å². The summed E-state index contributed by atoms with van der Waals surface area (Å²) < 4.78 is 0. The molecule has 0 fully saturated rings. The lowest BCUT2D eigenvalue weighted by Crippen LogP contribution is -2.22. The number of rotatable bonds is 8. The predicted molar refractivity (Wildman–Crippen MR) is 109 cm³/mol. The first-order valence-electron chi connectivity index (χ1n) is 8.45. The Kier molecular flexibility index (Phi) is 7.53. The molecule has 2 N–H and O–H groups in total. The van der Waals surface area contributed by atoms with Gasteiger partial charge in [0, 0.05) is 29.6 Å². The van der Waals surface area contributed by atoms with Crippen LogP contribution in [0.2, 0.25) is 5.02 Å². The van der Waals surface area contributed by atoms with Crippen LogP contribution in [0.1, 0.15) is 18.9 Å². The maximum Gasteiger partial charge on any atom is 0.289 e. The molecular formula is C18H16ClN5O6. The number of hydrogen-bond acceptors (Lipinski definition) is 7. The van der Waals surface area contributed by atoms with E-state index in [9.17, 15) is 29.8 Å². The van der Waals surface area contributed by atoms with Crippen molar-refractivity contribution in [3.8, 4) is 0 Å². The molecule has 30 heavy (non-hydrogen) atoms. The number of hydrogen-bond donors (Lipinski definition) is 2. The second kappa shape index (κ2) is 10.1. The maximum absolute atomic E-state index is 12.0. The van der Waals surface area contributed by atoms with Gasteiger partial charge in [0.25, 0.3) is 11.4 Å². The van der Waals surface area contributed by atoms with Gasteiger partial charge in [-0.1, -0.05) is 23.7 Å². The van der Waals surface area contributed by atoms with Gasteiger partial charge in [0.05, 0.1) is 22.7 Å². The summed E-state index contributed by atoms with van der Waals surface area (Å²) >= 11 is 5.72. The van der Waals surface area contributed by atoms with E-state index in [0.717, 1.165) is 6.07 Å². The van der Waals surface area contributed by atoms with Gasteiger partial charge in [-0.15, -0.1) is 0 Å². The van der Waals surface area contributed by atoms with Crippen molar-refractivity contribution in [1.82, 2.24) is 5.43 Å². The number of nitrogens with one attached hydrogen (secondary N) is 2. The quantitative estimate of drug-likeness (QED) is 0.369. The smallest absolute Gasteiger partial charge is 0.289 e. The summed E-state index contributed by atoms with van der Waals surface area (Å²) in [5, 5.41) is 27.8. The Morgan fingerprint density at radius 2 is 1.70 bits per heavy atom. The first-order valence-corrected chi connectivity index (χ1v) is 8.82. The highest BCUT2D eigenvalue weighted by Crippen LogP contribution is 2.27. The Labute approximate surface area is 175 Å². The number of carbonyl (C=O) groups excluding carboxylic acids is 2. The van der Waals surface area contributed by atoms with E-state index in [4.69, 9.17) is 11.6 Å². The second-order valence-electron chi connectivity index (χ2n) is 6.13. The molecule has 0 heterocycles. The third-order valence-corrected chi connectivity index (χ3v) is 4.05. The number of nitrogens with zero attached hydrogens (tertiary/aromatic N) is 3. The fourth-order valence-corrected chi connectivity index (χ4v) is 2.51. The molecule has 0 radical (unpaired) electrons. The fourth-order valence-electron chi connectivity index (χ4n) is 2.33. The van der Waals surface area contributed by atoms with E-state index in [1.165, 1.54) is 43.3 Å². The minimum Gasteiger partial charge on any atom is -0.326 e. The summed E-state index contributed by atoms with van der Waals surface area (Å²) in [6.07, 6.45) is -0.205. The van der Waals surface area contributed by atoms with E-state index in [-0.39, 0.29) is 34.9 Å². The number of hydrazone groups is 1. The Bertz CT molecular complexity index is 1020. The van der Waals surface area contributed by atoms with Crippen molar-refractivity contribution < 1.29 is 19.4 Å². The molecule has 11 nitrogen and oxygen atoms in total. The number of non-ortho nitro benzene ring substituents is 1.